The van der Waals surface area contributed by atoms with Gasteiger partial charge >= 0.3 is 0 Å². The lowest BCUT2D eigenvalue weighted by molar-refractivity contribution is 0.0947. The molecule has 0 fully saturated rings. The van der Waals surface area contributed by atoms with Crippen molar-refractivity contribution in [2.45, 2.75) is 6.54 Å². The van der Waals surface area contributed by atoms with E-state index in [0.717, 1.165) is 10.7 Å². The topological polar surface area (TPSA) is 76.9 Å². The third-order valence-corrected chi connectivity index (χ3v) is 3.65. The monoisotopic (exact) mass is 346 g/mol. The van der Waals surface area contributed by atoms with E-state index >= 15 is 0 Å². The smallest absolute Gasteiger partial charge is 0.277 e. The van der Waals surface area contributed by atoms with Crippen LogP contribution in [0.5, 0.6) is 0 Å². The van der Waals surface area contributed by atoms with Crippen molar-refractivity contribution in [2.24, 2.45) is 0 Å². The Morgan fingerprint density at radius 1 is 1.25 bits per heavy atom. The van der Waals surface area contributed by atoms with E-state index in [0.29, 0.717) is 10.9 Å². The van der Waals surface area contributed by atoms with Gasteiger partial charge in [-0.2, -0.15) is 0 Å². The number of hydrogen-bond acceptors (Lipinski definition) is 4. The van der Waals surface area contributed by atoms with Crippen molar-refractivity contribution in [3.05, 3.63) is 69.2 Å². The highest BCUT2D eigenvalue weighted by Gasteiger charge is 2.12. The highest BCUT2D eigenvalue weighted by atomic mass is 35.5. The normalized spacial score (nSPS) is 10.8. The predicted molar refractivity (Wildman–Crippen MR) is 87.5 cm³/mol. The standard InChI is InChI=1S/C16H12ClFN4O2/c17-10-5-6-13(18)12(9-10)15(23)19-7-8-22-16(24)11-3-1-2-4-14(11)20-21-22/h1-6,9H,7-8H2,(H,19,23). The first kappa shape index (κ1) is 16.1. The number of carbonyl (C=O) groups excluding carboxylic acids is 1. The van der Waals surface area contributed by atoms with E-state index in [-0.39, 0.29) is 29.2 Å². The summed E-state index contributed by atoms with van der Waals surface area (Å²) in [5, 5.41) is 11.0. The largest absolute Gasteiger partial charge is 0.350 e. The molecule has 0 atom stereocenters. The Labute approximate surface area is 140 Å². The Morgan fingerprint density at radius 2 is 2.04 bits per heavy atom. The maximum Gasteiger partial charge on any atom is 0.277 e. The second-order valence-corrected chi connectivity index (χ2v) is 5.45. The summed E-state index contributed by atoms with van der Waals surface area (Å²) in [5.41, 5.74) is 0.0482. The van der Waals surface area contributed by atoms with Gasteiger partial charge in [0.15, 0.2) is 0 Å². The summed E-state index contributed by atoms with van der Waals surface area (Å²) >= 11 is 5.76. The maximum absolute atomic E-state index is 13.6. The summed E-state index contributed by atoms with van der Waals surface area (Å²) in [7, 11) is 0. The van der Waals surface area contributed by atoms with Gasteiger partial charge in [0.2, 0.25) is 0 Å². The molecule has 1 amide bonds. The van der Waals surface area contributed by atoms with Crippen LogP contribution in [0, 0.1) is 5.82 Å². The van der Waals surface area contributed by atoms with Crippen LogP contribution < -0.4 is 10.9 Å². The number of carbonyl (C=O) groups is 1. The molecule has 0 saturated heterocycles. The minimum Gasteiger partial charge on any atom is -0.350 e. The number of hydrogen-bond donors (Lipinski definition) is 1. The fourth-order valence-corrected chi connectivity index (χ4v) is 2.38. The molecule has 1 heterocycles. The second-order valence-electron chi connectivity index (χ2n) is 5.01. The van der Waals surface area contributed by atoms with Crippen molar-refractivity contribution < 1.29 is 9.18 Å². The van der Waals surface area contributed by atoms with E-state index in [9.17, 15) is 14.0 Å². The molecule has 0 bridgehead atoms. The fourth-order valence-electron chi connectivity index (χ4n) is 2.21. The lowest BCUT2D eigenvalue weighted by Gasteiger charge is -2.08. The summed E-state index contributed by atoms with van der Waals surface area (Å²) in [6.45, 7) is 0.211. The summed E-state index contributed by atoms with van der Waals surface area (Å²) in [6, 6.07) is 10.6. The number of rotatable bonds is 4. The van der Waals surface area contributed by atoms with Crippen LogP contribution in [0.2, 0.25) is 5.02 Å². The molecule has 122 valence electrons. The van der Waals surface area contributed by atoms with Crippen molar-refractivity contribution in [2.75, 3.05) is 6.54 Å². The number of fused-ring (bicyclic) bond motifs is 1. The number of nitrogens with one attached hydrogen (secondary N) is 1. The van der Waals surface area contributed by atoms with Crippen molar-refractivity contribution in [1.29, 1.82) is 0 Å². The van der Waals surface area contributed by atoms with Gasteiger partial charge in [-0.15, -0.1) is 5.10 Å². The Balaban J connectivity index is 1.70. The predicted octanol–water partition coefficient (Wildman–Crippen LogP) is 2.01. The molecular formula is C16H12ClFN4O2. The molecule has 3 rings (SSSR count). The number of nitrogens with zero attached hydrogens (tertiary/aromatic N) is 3. The van der Waals surface area contributed by atoms with Crippen LogP contribution in [0.4, 0.5) is 4.39 Å². The molecule has 3 aromatic rings. The highest BCUT2D eigenvalue weighted by Crippen LogP contribution is 2.14. The van der Waals surface area contributed by atoms with Crippen LogP contribution in [-0.4, -0.2) is 27.4 Å². The minimum atomic E-state index is -0.667. The molecule has 6 nitrogen and oxygen atoms in total. The van der Waals surface area contributed by atoms with Crippen LogP contribution in [0.1, 0.15) is 10.4 Å². The maximum atomic E-state index is 13.6. The molecule has 1 aromatic heterocycles. The van der Waals surface area contributed by atoms with Gasteiger partial charge in [-0.25, -0.2) is 9.07 Å². The van der Waals surface area contributed by atoms with Gasteiger partial charge < -0.3 is 5.32 Å². The van der Waals surface area contributed by atoms with E-state index in [4.69, 9.17) is 11.6 Å². The zero-order valence-corrected chi connectivity index (χ0v) is 13.1. The molecule has 0 radical (unpaired) electrons. The first-order valence-electron chi connectivity index (χ1n) is 7.12. The number of halogens is 2. The third-order valence-electron chi connectivity index (χ3n) is 3.41. The van der Waals surface area contributed by atoms with E-state index in [1.54, 1.807) is 24.3 Å². The minimum absolute atomic E-state index is 0.0950. The molecule has 8 heteroatoms. The summed E-state index contributed by atoms with van der Waals surface area (Å²) in [6.07, 6.45) is 0. The van der Waals surface area contributed by atoms with Crippen molar-refractivity contribution in [1.82, 2.24) is 20.3 Å². The van der Waals surface area contributed by atoms with Crippen LogP contribution >= 0.6 is 11.6 Å². The second kappa shape index (κ2) is 6.76. The van der Waals surface area contributed by atoms with Gasteiger partial charge in [-0.3, -0.25) is 9.59 Å². The Morgan fingerprint density at radius 3 is 2.88 bits per heavy atom. The molecule has 0 spiro atoms. The summed E-state index contributed by atoms with van der Waals surface area (Å²) < 4.78 is 14.8. The summed E-state index contributed by atoms with van der Waals surface area (Å²) in [5.74, 6) is -1.28. The Hall–Kier alpha value is -2.80. The van der Waals surface area contributed by atoms with Gasteiger partial charge in [0.05, 0.1) is 17.5 Å². The average molecular weight is 347 g/mol. The molecule has 0 aliphatic rings. The van der Waals surface area contributed by atoms with Gasteiger partial charge in [-0.1, -0.05) is 28.9 Å². The molecule has 0 unspecified atom stereocenters. The third kappa shape index (κ3) is 3.26. The molecule has 1 N–H and O–H groups in total. The van der Waals surface area contributed by atoms with Gasteiger partial charge in [0.25, 0.3) is 11.5 Å². The van der Waals surface area contributed by atoms with Gasteiger partial charge in [0, 0.05) is 11.6 Å². The number of amides is 1. The van der Waals surface area contributed by atoms with Crippen molar-refractivity contribution in [3.63, 3.8) is 0 Å². The SMILES string of the molecule is O=C(NCCn1nnc2ccccc2c1=O)c1cc(Cl)ccc1F. The van der Waals surface area contributed by atoms with Crippen LogP contribution in [0.15, 0.2) is 47.3 Å². The lowest BCUT2D eigenvalue weighted by atomic mass is 10.2. The van der Waals surface area contributed by atoms with Crippen LogP contribution in [0.25, 0.3) is 10.9 Å². The first-order valence-corrected chi connectivity index (χ1v) is 7.50. The quantitative estimate of drug-likeness (QED) is 0.784. The number of aromatic nitrogens is 3. The lowest BCUT2D eigenvalue weighted by Crippen LogP contribution is -2.33. The van der Waals surface area contributed by atoms with Gasteiger partial charge in [0.1, 0.15) is 11.3 Å². The highest BCUT2D eigenvalue weighted by molar-refractivity contribution is 6.31. The summed E-state index contributed by atoms with van der Waals surface area (Å²) in [4.78, 5) is 24.2. The molecule has 0 saturated carbocycles. The molecule has 0 aliphatic heterocycles. The van der Waals surface area contributed by atoms with E-state index < -0.39 is 11.7 Å². The van der Waals surface area contributed by atoms with Crippen molar-refractivity contribution >= 4 is 28.4 Å². The molecular weight excluding hydrogens is 335 g/mol. The molecule has 0 aliphatic carbocycles. The number of benzene rings is 2. The van der Waals surface area contributed by atoms with Crippen LogP contribution in [-0.2, 0) is 6.54 Å². The van der Waals surface area contributed by atoms with Gasteiger partial charge in [-0.05, 0) is 30.3 Å². The van der Waals surface area contributed by atoms with Crippen molar-refractivity contribution in [3.8, 4) is 0 Å². The first-order chi connectivity index (χ1) is 11.6. The molecule has 24 heavy (non-hydrogen) atoms. The Bertz CT molecular complexity index is 974. The fraction of sp³-hybridized carbons (Fsp3) is 0.125. The van der Waals surface area contributed by atoms with Crippen LogP contribution in [0.3, 0.4) is 0 Å². The zero-order valence-electron chi connectivity index (χ0n) is 12.4. The Kier molecular flexibility index (Phi) is 4.52. The van der Waals surface area contributed by atoms with E-state index in [1.165, 1.54) is 12.1 Å². The molecule has 2 aromatic carbocycles. The van der Waals surface area contributed by atoms with E-state index in [1.807, 2.05) is 0 Å². The zero-order chi connectivity index (χ0) is 17.1. The van der Waals surface area contributed by atoms with E-state index in [2.05, 4.69) is 15.6 Å². The average Bonchev–Trinajstić information content (AvgIpc) is 2.59.